The fourth-order valence-corrected chi connectivity index (χ4v) is 4.39. The van der Waals surface area contributed by atoms with Crippen LogP contribution in [0.2, 0.25) is 0 Å². The van der Waals surface area contributed by atoms with E-state index in [0.29, 0.717) is 29.7 Å². The van der Waals surface area contributed by atoms with Gasteiger partial charge in [0, 0.05) is 23.1 Å². The minimum Gasteiger partial charge on any atom is -0.292 e. The minimum atomic E-state index is -0.372. The molecule has 0 radical (unpaired) electrons. The standard InChI is InChI=1S/C19H17N3O3S/c1-10-4-5-13(9-15(10)22(24)25)8-14-6-7-21-17(14)20-18-16(19(21)23)11(2)12(3)26-18/h4-5,8-9H,6-7H2,1-3H3/b14-8-. The normalized spacial score (nSPS) is 15.0. The van der Waals surface area contributed by atoms with Crippen LogP contribution in [0.1, 0.15) is 33.8 Å². The Bertz CT molecular complexity index is 1170. The summed E-state index contributed by atoms with van der Waals surface area (Å²) in [5.41, 5.74) is 3.42. The summed E-state index contributed by atoms with van der Waals surface area (Å²) in [6.45, 7) is 6.27. The van der Waals surface area contributed by atoms with Gasteiger partial charge in [-0.05, 0) is 50.0 Å². The number of aromatic nitrogens is 2. The number of nitrogens with zero attached hydrogens (tertiary/aromatic N) is 3. The van der Waals surface area contributed by atoms with Crippen molar-refractivity contribution in [3.8, 4) is 0 Å². The van der Waals surface area contributed by atoms with Crippen molar-refractivity contribution >= 4 is 38.9 Å². The highest BCUT2D eigenvalue weighted by molar-refractivity contribution is 7.18. The average molecular weight is 367 g/mol. The lowest BCUT2D eigenvalue weighted by molar-refractivity contribution is -0.385. The van der Waals surface area contributed by atoms with Crippen LogP contribution in [0.5, 0.6) is 0 Å². The van der Waals surface area contributed by atoms with E-state index < -0.39 is 0 Å². The van der Waals surface area contributed by atoms with E-state index >= 15 is 0 Å². The van der Waals surface area contributed by atoms with Crippen molar-refractivity contribution in [2.75, 3.05) is 0 Å². The number of nitro benzene ring substituents is 1. The van der Waals surface area contributed by atoms with Gasteiger partial charge < -0.3 is 0 Å². The summed E-state index contributed by atoms with van der Waals surface area (Å²) in [6, 6.07) is 5.17. The maximum atomic E-state index is 12.9. The molecule has 0 unspecified atom stereocenters. The second-order valence-corrected chi connectivity index (χ2v) is 7.78. The predicted molar refractivity (Wildman–Crippen MR) is 104 cm³/mol. The molecule has 1 aliphatic heterocycles. The van der Waals surface area contributed by atoms with E-state index in [1.165, 1.54) is 11.3 Å². The maximum absolute atomic E-state index is 12.9. The quantitative estimate of drug-likeness (QED) is 0.501. The van der Waals surface area contributed by atoms with Crippen LogP contribution in [0.15, 0.2) is 23.0 Å². The molecule has 3 heterocycles. The van der Waals surface area contributed by atoms with Crippen LogP contribution < -0.4 is 5.56 Å². The highest BCUT2D eigenvalue weighted by Gasteiger charge is 2.23. The van der Waals surface area contributed by atoms with Crippen LogP contribution in [0, 0.1) is 30.9 Å². The number of hydrogen-bond acceptors (Lipinski definition) is 5. The molecular weight excluding hydrogens is 350 g/mol. The van der Waals surface area contributed by atoms with E-state index in [2.05, 4.69) is 0 Å². The topological polar surface area (TPSA) is 78.0 Å². The van der Waals surface area contributed by atoms with Crippen molar-refractivity contribution in [2.45, 2.75) is 33.7 Å². The number of aryl methyl sites for hydroxylation is 3. The molecule has 0 aliphatic carbocycles. The molecule has 7 heteroatoms. The fraction of sp³-hybridized carbons (Fsp3) is 0.263. The molecule has 0 amide bonds. The van der Waals surface area contributed by atoms with Crippen LogP contribution >= 0.6 is 11.3 Å². The van der Waals surface area contributed by atoms with E-state index in [-0.39, 0.29) is 16.2 Å². The first-order chi connectivity index (χ1) is 12.4. The van der Waals surface area contributed by atoms with Gasteiger partial charge in [-0.1, -0.05) is 12.1 Å². The van der Waals surface area contributed by atoms with Gasteiger partial charge in [-0.2, -0.15) is 0 Å². The summed E-state index contributed by atoms with van der Waals surface area (Å²) >= 11 is 1.53. The van der Waals surface area contributed by atoms with Crippen LogP contribution in [-0.4, -0.2) is 14.5 Å². The molecule has 0 spiro atoms. The Morgan fingerprint density at radius 1 is 1.31 bits per heavy atom. The number of thiophene rings is 1. The second kappa shape index (κ2) is 5.88. The van der Waals surface area contributed by atoms with Gasteiger partial charge in [0.1, 0.15) is 10.7 Å². The predicted octanol–water partition coefficient (Wildman–Crippen LogP) is 4.24. The van der Waals surface area contributed by atoms with Gasteiger partial charge in [0.2, 0.25) is 0 Å². The van der Waals surface area contributed by atoms with Crippen LogP contribution in [-0.2, 0) is 6.54 Å². The first kappa shape index (κ1) is 16.7. The molecule has 0 saturated carbocycles. The summed E-state index contributed by atoms with van der Waals surface area (Å²) in [5, 5.41) is 11.9. The van der Waals surface area contributed by atoms with E-state index in [9.17, 15) is 14.9 Å². The minimum absolute atomic E-state index is 0.00476. The first-order valence-electron chi connectivity index (χ1n) is 8.33. The number of nitro groups is 1. The summed E-state index contributed by atoms with van der Waals surface area (Å²) in [6.07, 6.45) is 2.59. The third kappa shape index (κ3) is 2.47. The molecule has 3 aromatic rings. The number of hydrogen-bond donors (Lipinski definition) is 0. The zero-order valence-electron chi connectivity index (χ0n) is 14.7. The van der Waals surface area contributed by atoms with Crippen molar-refractivity contribution in [3.63, 3.8) is 0 Å². The Hall–Kier alpha value is -2.80. The lowest BCUT2D eigenvalue weighted by Crippen LogP contribution is -2.20. The number of allylic oxidation sites excluding steroid dienone is 1. The Morgan fingerprint density at radius 2 is 2.08 bits per heavy atom. The lowest BCUT2D eigenvalue weighted by atomic mass is 10.1. The third-order valence-electron chi connectivity index (χ3n) is 4.95. The number of rotatable bonds is 2. The van der Waals surface area contributed by atoms with Crippen molar-refractivity contribution in [3.05, 3.63) is 66.1 Å². The molecule has 4 rings (SSSR count). The monoisotopic (exact) mass is 367 g/mol. The molecule has 1 aromatic carbocycles. The zero-order chi connectivity index (χ0) is 18.6. The van der Waals surface area contributed by atoms with E-state index in [1.54, 1.807) is 23.6 Å². The van der Waals surface area contributed by atoms with Gasteiger partial charge in [-0.25, -0.2) is 4.98 Å². The Balaban J connectivity index is 1.87. The SMILES string of the molecule is Cc1ccc(/C=C2/CCn3c2nc2sc(C)c(C)c2c3=O)cc1[N+](=O)[O-]. The van der Waals surface area contributed by atoms with E-state index in [0.717, 1.165) is 26.4 Å². The van der Waals surface area contributed by atoms with Gasteiger partial charge in [0.15, 0.2) is 0 Å². The maximum Gasteiger partial charge on any atom is 0.272 e. The van der Waals surface area contributed by atoms with E-state index in [4.69, 9.17) is 4.98 Å². The second-order valence-electron chi connectivity index (χ2n) is 6.58. The average Bonchev–Trinajstić information content (AvgIpc) is 3.11. The van der Waals surface area contributed by atoms with Crippen LogP contribution in [0.3, 0.4) is 0 Å². The number of benzene rings is 1. The molecule has 132 valence electrons. The molecule has 6 nitrogen and oxygen atoms in total. The van der Waals surface area contributed by atoms with Crippen molar-refractivity contribution in [1.29, 1.82) is 0 Å². The molecule has 0 atom stereocenters. The third-order valence-corrected chi connectivity index (χ3v) is 6.05. The number of fused-ring (bicyclic) bond motifs is 2. The molecule has 0 bridgehead atoms. The largest absolute Gasteiger partial charge is 0.292 e. The lowest BCUT2D eigenvalue weighted by Gasteiger charge is -2.04. The molecule has 26 heavy (non-hydrogen) atoms. The summed E-state index contributed by atoms with van der Waals surface area (Å²) in [4.78, 5) is 30.2. The smallest absolute Gasteiger partial charge is 0.272 e. The highest BCUT2D eigenvalue weighted by Crippen LogP contribution is 2.32. The molecule has 2 aromatic heterocycles. The summed E-state index contributed by atoms with van der Waals surface area (Å²) in [7, 11) is 0. The first-order valence-corrected chi connectivity index (χ1v) is 9.15. The summed E-state index contributed by atoms with van der Waals surface area (Å²) in [5.74, 6) is 0.673. The molecule has 0 N–H and O–H groups in total. The van der Waals surface area contributed by atoms with Gasteiger partial charge in [0.05, 0.1) is 10.3 Å². The Labute approximate surface area is 153 Å². The summed E-state index contributed by atoms with van der Waals surface area (Å²) < 4.78 is 1.72. The van der Waals surface area contributed by atoms with Crippen molar-refractivity contribution in [2.24, 2.45) is 0 Å². The van der Waals surface area contributed by atoms with Gasteiger partial charge in [-0.15, -0.1) is 11.3 Å². The van der Waals surface area contributed by atoms with Crippen molar-refractivity contribution in [1.82, 2.24) is 9.55 Å². The molecule has 0 fully saturated rings. The highest BCUT2D eigenvalue weighted by atomic mass is 32.1. The van der Waals surface area contributed by atoms with Crippen LogP contribution in [0.25, 0.3) is 21.9 Å². The molecule has 0 saturated heterocycles. The molecule has 1 aliphatic rings. The van der Waals surface area contributed by atoms with Gasteiger partial charge in [0.25, 0.3) is 11.2 Å². The van der Waals surface area contributed by atoms with E-state index in [1.807, 2.05) is 26.0 Å². The van der Waals surface area contributed by atoms with Gasteiger partial charge >= 0.3 is 0 Å². The van der Waals surface area contributed by atoms with Gasteiger partial charge in [-0.3, -0.25) is 19.5 Å². The zero-order valence-corrected chi connectivity index (χ0v) is 15.5. The Kier molecular flexibility index (Phi) is 3.77. The Morgan fingerprint density at radius 3 is 2.81 bits per heavy atom. The molecular formula is C19H17N3O3S. The van der Waals surface area contributed by atoms with Crippen LogP contribution in [0.4, 0.5) is 5.69 Å². The fourth-order valence-electron chi connectivity index (χ4n) is 3.37. The van der Waals surface area contributed by atoms with Crippen molar-refractivity contribution < 1.29 is 4.92 Å².